The normalized spacial score (nSPS) is 18.8. The van der Waals surface area contributed by atoms with Gasteiger partial charge < -0.3 is 14.2 Å². The van der Waals surface area contributed by atoms with Gasteiger partial charge in [0.2, 0.25) is 0 Å². The molecule has 6 rings (SSSR count). The van der Waals surface area contributed by atoms with Crippen molar-refractivity contribution in [3.63, 3.8) is 0 Å². The molecule has 4 aromatic rings. The zero-order chi connectivity index (χ0) is 32.6. The first kappa shape index (κ1) is 32.0. The van der Waals surface area contributed by atoms with Crippen LogP contribution in [0.25, 0.3) is 10.9 Å². The average molecular weight is 650 g/mol. The summed E-state index contributed by atoms with van der Waals surface area (Å²) in [5.41, 5.74) is -0.286. The molecule has 9 nitrogen and oxygen atoms in total. The Morgan fingerprint density at radius 1 is 0.891 bits per heavy atom. The van der Waals surface area contributed by atoms with E-state index in [-0.39, 0.29) is 12.6 Å². The van der Waals surface area contributed by atoms with Gasteiger partial charge in [-0.2, -0.15) is 41.8 Å². The van der Waals surface area contributed by atoms with Crippen molar-refractivity contribution in [3.05, 3.63) is 82.3 Å². The Kier molecular flexibility index (Phi) is 8.83. The largest absolute Gasteiger partial charge is 0.416 e. The molecule has 2 saturated heterocycles. The van der Waals surface area contributed by atoms with E-state index in [0.717, 1.165) is 40.9 Å². The highest BCUT2D eigenvalue weighted by molar-refractivity contribution is 5.95. The predicted octanol–water partition coefficient (Wildman–Crippen LogP) is 4.74. The first-order valence-corrected chi connectivity index (χ1v) is 14.9. The number of H-pyrrole nitrogens is 1. The Bertz CT molecular complexity index is 1660. The Hall–Kier alpha value is -3.95. The van der Waals surface area contributed by atoms with E-state index in [2.05, 4.69) is 25.2 Å². The number of benzene rings is 2. The number of rotatable bonds is 7. The van der Waals surface area contributed by atoms with Crippen LogP contribution in [0.5, 0.6) is 0 Å². The highest BCUT2D eigenvalue weighted by Crippen LogP contribution is 2.37. The molecule has 46 heavy (non-hydrogen) atoms. The quantitative estimate of drug-likeness (QED) is 0.292. The second-order valence-corrected chi connectivity index (χ2v) is 11.8. The van der Waals surface area contributed by atoms with Crippen molar-refractivity contribution in [1.82, 2.24) is 34.7 Å². The number of aromatic nitrogens is 4. The van der Waals surface area contributed by atoms with Crippen LogP contribution in [-0.2, 0) is 43.6 Å². The van der Waals surface area contributed by atoms with Crippen molar-refractivity contribution in [2.45, 2.75) is 37.9 Å². The molecule has 0 saturated carbocycles. The van der Waals surface area contributed by atoms with Gasteiger partial charge in [0, 0.05) is 81.6 Å². The van der Waals surface area contributed by atoms with Gasteiger partial charge in [0.25, 0.3) is 5.91 Å². The smallest absolute Gasteiger partial charge is 0.379 e. The highest BCUT2D eigenvalue weighted by atomic mass is 19.4. The lowest BCUT2D eigenvalue weighted by atomic mass is 9.98. The third-order valence-electron chi connectivity index (χ3n) is 8.65. The summed E-state index contributed by atoms with van der Waals surface area (Å²) in [5, 5.41) is 12.4. The number of halogens is 6. The predicted molar refractivity (Wildman–Crippen MR) is 156 cm³/mol. The van der Waals surface area contributed by atoms with Crippen molar-refractivity contribution in [2.24, 2.45) is 7.05 Å². The molecule has 2 aromatic carbocycles. The first-order chi connectivity index (χ1) is 21.9. The summed E-state index contributed by atoms with van der Waals surface area (Å²) in [4.78, 5) is 19.6. The van der Waals surface area contributed by atoms with Crippen LogP contribution in [0.1, 0.15) is 38.4 Å². The summed E-state index contributed by atoms with van der Waals surface area (Å²) in [7, 11) is 1.89. The molecule has 0 radical (unpaired) electrons. The summed E-state index contributed by atoms with van der Waals surface area (Å²) in [6.07, 6.45) is -7.84. The SMILES string of the molecule is Cn1cc(CC2CN(Cc3n[nH]nc3CN3CCOCC3)CCN2C(=O)c2cc(C(F)(F)F)cc(C(F)(F)F)c2)c2ccccc21. The summed E-state index contributed by atoms with van der Waals surface area (Å²) in [6, 6.07) is 8.20. The van der Waals surface area contributed by atoms with Crippen LogP contribution in [0, 0.1) is 0 Å². The van der Waals surface area contributed by atoms with Crippen molar-refractivity contribution in [1.29, 1.82) is 0 Å². The van der Waals surface area contributed by atoms with Crippen LogP contribution in [0.15, 0.2) is 48.7 Å². The van der Waals surface area contributed by atoms with Crippen LogP contribution in [0.2, 0.25) is 0 Å². The fraction of sp³-hybridized carbons (Fsp3) is 0.452. The number of aryl methyl sites for hydroxylation is 1. The van der Waals surface area contributed by atoms with Gasteiger partial charge in [-0.25, -0.2) is 0 Å². The molecule has 2 aromatic heterocycles. The first-order valence-electron chi connectivity index (χ1n) is 14.9. The monoisotopic (exact) mass is 649 g/mol. The van der Waals surface area contributed by atoms with Crippen LogP contribution in [-0.4, -0.2) is 92.6 Å². The third-order valence-corrected chi connectivity index (χ3v) is 8.65. The molecular formula is C31H33F6N7O2. The van der Waals surface area contributed by atoms with Gasteiger partial charge in [-0.1, -0.05) is 18.2 Å². The van der Waals surface area contributed by atoms with Crippen molar-refractivity contribution in [3.8, 4) is 0 Å². The summed E-state index contributed by atoms with van der Waals surface area (Å²) >= 11 is 0. The zero-order valence-corrected chi connectivity index (χ0v) is 25.0. The number of hydrogen-bond donors (Lipinski definition) is 1. The number of piperazine rings is 1. The lowest BCUT2D eigenvalue weighted by Gasteiger charge is -2.41. The Labute approximate surface area is 260 Å². The molecule has 0 spiro atoms. The number of fused-ring (bicyclic) bond motifs is 1. The van der Waals surface area contributed by atoms with Gasteiger partial charge in [-0.15, -0.1) is 0 Å². The molecule has 1 N–H and O–H groups in total. The number of carbonyl (C=O) groups excluding carboxylic acids is 1. The highest BCUT2D eigenvalue weighted by Gasteiger charge is 2.39. The minimum Gasteiger partial charge on any atom is -0.379 e. The van der Waals surface area contributed by atoms with Gasteiger partial charge in [0.05, 0.1) is 24.3 Å². The van der Waals surface area contributed by atoms with E-state index in [4.69, 9.17) is 4.74 Å². The molecule has 4 heterocycles. The maximum absolute atomic E-state index is 13.9. The lowest BCUT2D eigenvalue weighted by molar-refractivity contribution is -0.143. The molecule has 2 fully saturated rings. The van der Waals surface area contributed by atoms with Gasteiger partial charge >= 0.3 is 12.4 Å². The number of ether oxygens (including phenoxy) is 1. The van der Waals surface area contributed by atoms with Gasteiger partial charge in [-0.3, -0.25) is 14.6 Å². The molecular weight excluding hydrogens is 616 g/mol. The van der Waals surface area contributed by atoms with E-state index in [1.807, 2.05) is 42.1 Å². The standard InChI is InChI=1S/C31H33F6N7O2/c1-41-16-21(25-4-2-3-5-28(25)41)14-24-17-43(19-27-26(38-40-39-27)18-42-8-10-46-11-9-42)6-7-44(24)29(45)20-12-22(30(32,33)34)15-23(13-20)31(35,36)37/h2-5,12-13,15-16,24H,6-11,14,17-19H2,1H3,(H,38,39,40). The molecule has 1 amide bonds. The van der Waals surface area contributed by atoms with Crippen LogP contribution in [0.4, 0.5) is 26.3 Å². The van der Waals surface area contributed by atoms with E-state index in [1.165, 1.54) is 4.90 Å². The lowest BCUT2D eigenvalue weighted by Crippen LogP contribution is -2.55. The van der Waals surface area contributed by atoms with E-state index in [1.54, 1.807) is 0 Å². The number of hydrogen-bond acceptors (Lipinski definition) is 6. The molecule has 15 heteroatoms. The number of nitrogens with zero attached hydrogens (tertiary/aromatic N) is 6. The molecule has 2 aliphatic heterocycles. The third kappa shape index (κ3) is 6.90. The number of morpholine rings is 1. The Balaban J connectivity index is 1.29. The summed E-state index contributed by atoms with van der Waals surface area (Å²) in [6.45, 7) is 4.57. The minimum atomic E-state index is -5.06. The second-order valence-electron chi connectivity index (χ2n) is 11.8. The van der Waals surface area contributed by atoms with E-state index >= 15 is 0 Å². The second kappa shape index (κ2) is 12.7. The van der Waals surface area contributed by atoms with Gasteiger partial charge in [-0.05, 0) is 36.2 Å². The molecule has 246 valence electrons. The van der Waals surface area contributed by atoms with Crippen molar-refractivity contribution >= 4 is 16.8 Å². The molecule has 2 aliphatic rings. The van der Waals surface area contributed by atoms with Crippen LogP contribution >= 0.6 is 0 Å². The fourth-order valence-electron chi connectivity index (χ4n) is 6.30. The number of nitrogens with one attached hydrogen (secondary N) is 1. The molecule has 1 unspecified atom stereocenters. The number of alkyl halides is 6. The van der Waals surface area contributed by atoms with E-state index in [0.29, 0.717) is 57.9 Å². The number of aromatic amines is 1. The van der Waals surface area contributed by atoms with E-state index in [9.17, 15) is 31.1 Å². The molecule has 1 atom stereocenters. The Morgan fingerprint density at radius 2 is 1.52 bits per heavy atom. The summed E-state index contributed by atoms with van der Waals surface area (Å²) in [5.74, 6) is -0.879. The van der Waals surface area contributed by atoms with Crippen molar-refractivity contribution in [2.75, 3.05) is 45.9 Å². The van der Waals surface area contributed by atoms with Crippen molar-refractivity contribution < 1.29 is 35.9 Å². The van der Waals surface area contributed by atoms with Gasteiger partial charge in [0.1, 0.15) is 11.4 Å². The van der Waals surface area contributed by atoms with E-state index < -0.39 is 41.0 Å². The fourth-order valence-corrected chi connectivity index (χ4v) is 6.30. The average Bonchev–Trinajstić information content (AvgIpc) is 3.59. The van der Waals surface area contributed by atoms with Crippen LogP contribution < -0.4 is 0 Å². The van der Waals surface area contributed by atoms with Gasteiger partial charge in [0.15, 0.2) is 0 Å². The number of carbonyl (C=O) groups is 1. The molecule has 0 aliphatic carbocycles. The van der Waals surface area contributed by atoms with Crippen LogP contribution in [0.3, 0.4) is 0 Å². The Morgan fingerprint density at radius 3 is 2.17 bits per heavy atom. The topological polar surface area (TPSA) is 82.5 Å². The number of amides is 1. The minimum absolute atomic E-state index is 0.0364. The number of para-hydroxylation sites is 1. The maximum atomic E-state index is 13.9. The summed E-state index contributed by atoms with van der Waals surface area (Å²) < 4.78 is 89.2. The maximum Gasteiger partial charge on any atom is 0.416 e. The molecule has 0 bridgehead atoms. The zero-order valence-electron chi connectivity index (χ0n) is 25.0.